The summed E-state index contributed by atoms with van der Waals surface area (Å²) >= 11 is 0. The quantitative estimate of drug-likeness (QED) is 0.0665. The largest absolute Gasteiger partial charge is 0.457 e. The second-order valence-electron chi connectivity index (χ2n) is 12.8. The van der Waals surface area contributed by atoms with E-state index in [1.54, 1.807) is 36.4 Å². The summed E-state index contributed by atoms with van der Waals surface area (Å²) in [7, 11) is -9.18. The lowest BCUT2D eigenvalue weighted by molar-refractivity contribution is 0.101. The summed E-state index contributed by atoms with van der Waals surface area (Å²) in [5.74, 6) is 0.397. The number of hydrogen-bond donors (Lipinski definition) is 7. The second-order valence-corrected chi connectivity index (χ2v) is 15.6. The van der Waals surface area contributed by atoms with E-state index in [4.69, 9.17) is 4.74 Å². The van der Waals surface area contributed by atoms with E-state index in [1.807, 2.05) is 48.5 Å². The number of hydrogen-bond acceptors (Lipinski definition) is 10. The van der Waals surface area contributed by atoms with E-state index in [1.165, 1.54) is 36.4 Å². The minimum Gasteiger partial charge on any atom is -0.457 e. The van der Waals surface area contributed by atoms with E-state index in [0.29, 0.717) is 39.7 Å². The van der Waals surface area contributed by atoms with E-state index in [-0.39, 0.29) is 17.3 Å². The first-order chi connectivity index (χ1) is 27.3. The molecule has 1 unspecified atom stereocenters. The van der Waals surface area contributed by atoms with E-state index >= 15 is 0 Å². The Bertz CT molecular complexity index is 2940. The number of aromatic nitrogens is 2. The zero-order valence-corrected chi connectivity index (χ0v) is 30.9. The summed E-state index contributed by atoms with van der Waals surface area (Å²) in [6.45, 7) is 0. The Hall–Kier alpha value is -7.05. The Morgan fingerprint density at radius 3 is 1.74 bits per heavy atom. The average Bonchev–Trinajstić information content (AvgIpc) is 3.82. The van der Waals surface area contributed by atoms with Gasteiger partial charge in [0.15, 0.2) is 0 Å². The van der Waals surface area contributed by atoms with E-state index in [0.717, 1.165) is 34.6 Å². The van der Waals surface area contributed by atoms with Crippen LogP contribution >= 0.6 is 0 Å². The van der Waals surface area contributed by atoms with Crippen LogP contribution in [0.4, 0.5) is 22.7 Å². The maximum atomic E-state index is 12.9. The van der Waals surface area contributed by atoms with E-state index < -0.39 is 41.8 Å². The zero-order valence-electron chi connectivity index (χ0n) is 29.3. The summed E-state index contributed by atoms with van der Waals surface area (Å²) in [4.78, 5) is 32.7. The van der Waals surface area contributed by atoms with Gasteiger partial charge in [-0.1, -0.05) is 36.4 Å². The first-order valence-corrected chi connectivity index (χ1v) is 20.0. The van der Waals surface area contributed by atoms with Crippen molar-refractivity contribution in [3.05, 3.63) is 150 Å². The molecule has 8 rings (SSSR count). The molecule has 0 radical (unpaired) electrons. The molecule has 6 aromatic carbocycles. The highest BCUT2D eigenvalue weighted by molar-refractivity contribution is 7.86. The molecule has 1 aliphatic heterocycles. The van der Waals surface area contributed by atoms with Gasteiger partial charge in [-0.15, -0.1) is 0 Å². The maximum Gasteiger partial charge on any atom is 0.295 e. The first kappa shape index (κ1) is 36.9. The number of benzene rings is 6. The van der Waals surface area contributed by atoms with Crippen LogP contribution in [0.25, 0.3) is 22.4 Å². The van der Waals surface area contributed by atoms with E-state index in [9.17, 15) is 35.5 Å². The van der Waals surface area contributed by atoms with Crippen molar-refractivity contribution in [1.82, 2.24) is 9.97 Å². The van der Waals surface area contributed by atoms with Crippen molar-refractivity contribution in [2.45, 2.75) is 16.0 Å². The topological polar surface area (TPSA) is 229 Å². The smallest absolute Gasteiger partial charge is 0.295 e. The Labute approximate surface area is 325 Å². The number of ether oxygens (including phenoxy) is 1. The third-order valence-corrected chi connectivity index (χ3v) is 10.8. The molecule has 0 spiro atoms. The van der Waals surface area contributed by atoms with Crippen LogP contribution in [0.3, 0.4) is 0 Å². The number of rotatable bonds is 10. The molecule has 0 saturated heterocycles. The highest BCUT2D eigenvalue weighted by atomic mass is 32.2. The number of nitrogens with zero attached hydrogens (tertiary/aromatic N) is 1. The fourth-order valence-electron chi connectivity index (χ4n) is 6.31. The molecule has 15 nitrogen and oxygen atoms in total. The fourth-order valence-corrected chi connectivity index (χ4v) is 7.68. The molecule has 0 fully saturated rings. The molecule has 1 aliphatic rings. The minimum absolute atomic E-state index is 0.179. The summed E-state index contributed by atoms with van der Waals surface area (Å²) in [5.41, 5.74) is 4.94. The van der Waals surface area contributed by atoms with Crippen molar-refractivity contribution in [2.75, 3.05) is 21.3 Å². The molecule has 7 N–H and O–H groups in total. The number of nitrogens with one attached hydrogen (secondary N) is 5. The second kappa shape index (κ2) is 14.5. The van der Waals surface area contributed by atoms with Gasteiger partial charge in [0.25, 0.3) is 32.1 Å². The molecule has 1 atom stereocenters. The number of carbonyl (C=O) groups is 2. The molecule has 0 saturated carbocycles. The Morgan fingerprint density at radius 2 is 1.14 bits per heavy atom. The summed E-state index contributed by atoms with van der Waals surface area (Å²) in [6, 6.07) is 35.8. The van der Waals surface area contributed by atoms with Crippen molar-refractivity contribution in [2.24, 2.45) is 0 Å². The SMILES string of the molecule is O=C(Nc1ccc2c(c1)NC(c1ccc(Oc3ccc(-c4nc5ccc(NC(=O)c6ccccc6S(=O)(=O)O)cc5[nH]4)cc3)cc1)N2)c1ccccc1S(=O)(=O)O. The number of aromatic amines is 1. The third kappa shape index (κ3) is 7.89. The molecule has 2 heterocycles. The first-order valence-electron chi connectivity index (χ1n) is 17.1. The van der Waals surface area contributed by atoms with Crippen LogP contribution in [0.5, 0.6) is 11.5 Å². The lowest BCUT2D eigenvalue weighted by Gasteiger charge is -2.14. The number of fused-ring (bicyclic) bond motifs is 2. The van der Waals surface area contributed by atoms with Crippen LogP contribution < -0.4 is 26.0 Å². The van der Waals surface area contributed by atoms with Gasteiger partial charge in [0.2, 0.25) is 0 Å². The predicted molar refractivity (Wildman–Crippen MR) is 213 cm³/mol. The van der Waals surface area contributed by atoms with Gasteiger partial charge < -0.3 is 31.0 Å². The van der Waals surface area contributed by atoms with Gasteiger partial charge in [-0.2, -0.15) is 16.8 Å². The molecular formula is C40H30N6O9S2. The summed E-state index contributed by atoms with van der Waals surface area (Å²) < 4.78 is 72.1. The highest BCUT2D eigenvalue weighted by Gasteiger charge is 2.24. The number of carbonyl (C=O) groups excluding carboxylic acids is 2. The van der Waals surface area contributed by atoms with Crippen LogP contribution in [0, 0.1) is 0 Å². The van der Waals surface area contributed by atoms with Crippen LogP contribution in [0.1, 0.15) is 32.4 Å². The van der Waals surface area contributed by atoms with Crippen molar-refractivity contribution < 1.29 is 40.3 Å². The number of anilines is 4. The Kier molecular flexibility index (Phi) is 9.42. The van der Waals surface area contributed by atoms with Crippen molar-refractivity contribution in [3.8, 4) is 22.9 Å². The molecular weight excluding hydrogens is 773 g/mol. The van der Waals surface area contributed by atoms with Crippen molar-refractivity contribution in [1.29, 1.82) is 0 Å². The van der Waals surface area contributed by atoms with Gasteiger partial charge >= 0.3 is 0 Å². The van der Waals surface area contributed by atoms with Crippen molar-refractivity contribution in [3.63, 3.8) is 0 Å². The number of amides is 2. The fraction of sp³-hybridized carbons (Fsp3) is 0.0250. The third-order valence-electron chi connectivity index (χ3n) is 9.01. The van der Waals surface area contributed by atoms with Crippen LogP contribution in [0.15, 0.2) is 143 Å². The Morgan fingerprint density at radius 1 is 0.614 bits per heavy atom. The van der Waals surface area contributed by atoms with Crippen LogP contribution in [0.2, 0.25) is 0 Å². The maximum absolute atomic E-state index is 12.9. The average molecular weight is 803 g/mol. The molecule has 17 heteroatoms. The van der Waals surface area contributed by atoms with Crippen LogP contribution in [-0.4, -0.2) is 47.7 Å². The normalized spacial score (nSPS) is 13.6. The van der Waals surface area contributed by atoms with Gasteiger partial charge in [0.1, 0.15) is 33.3 Å². The van der Waals surface area contributed by atoms with Crippen molar-refractivity contribution >= 4 is 65.8 Å². The van der Waals surface area contributed by atoms with Gasteiger partial charge in [-0.05, 0) is 103 Å². The lowest BCUT2D eigenvalue weighted by atomic mass is 10.1. The molecule has 2 amide bonds. The van der Waals surface area contributed by atoms with Crippen LogP contribution in [-0.2, 0) is 20.2 Å². The predicted octanol–water partition coefficient (Wildman–Crippen LogP) is 7.56. The Balaban J connectivity index is 0.887. The highest BCUT2D eigenvalue weighted by Crippen LogP contribution is 2.38. The van der Waals surface area contributed by atoms with Gasteiger partial charge in [0, 0.05) is 16.9 Å². The van der Waals surface area contributed by atoms with Gasteiger partial charge in [-0.3, -0.25) is 18.7 Å². The summed E-state index contributed by atoms with van der Waals surface area (Å²) in [5, 5.41) is 12.1. The lowest BCUT2D eigenvalue weighted by Crippen LogP contribution is -2.16. The number of H-pyrrole nitrogens is 1. The standard InChI is InChI=1S/C40H30N6O9S2/c47-39(29-5-1-3-7-35(29)56(49,50)51)41-25-13-19-31-33(21-25)45-37(43-31)23-9-15-27(16-10-23)55-28-17-11-24(12-18-28)38-44-32-20-14-26(22-34(32)46-38)42-40(48)30-6-2-4-8-36(30)57(52,53)54/h1-22,37,43,45H,(H,41,47)(H,42,48)(H,44,46)(H,49,50,51)(H,52,53,54). The molecule has 286 valence electrons. The molecule has 1 aromatic heterocycles. The molecule has 7 aromatic rings. The zero-order chi connectivity index (χ0) is 39.9. The monoisotopic (exact) mass is 802 g/mol. The molecule has 0 bridgehead atoms. The minimum atomic E-state index is -4.60. The van der Waals surface area contributed by atoms with E-state index in [2.05, 4.69) is 31.2 Å². The molecule has 57 heavy (non-hydrogen) atoms. The molecule has 0 aliphatic carbocycles. The number of imidazole rings is 1. The van der Waals surface area contributed by atoms with Gasteiger partial charge in [0.05, 0.1) is 33.5 Å². The van der Waals surface area contributed by atoms with Gasteiger partial charge in [-0.25, -0.2) is 4.98 Å². The summed E-state index contributed by atoms with van der Waals surface area (Å²) in [6.07, 6.45) is -0.280.